The SMILES string of the molecule is Cc1cc(NC2(CN)CCCCC2C)c(Br)cc1[N+](=O)[O-]. The van der Waals surface area contributed by atoms with Crippen LogP contribution in [0.15, 0.2) is 16.6 Å². The third kappa shape index (κ3) is 3.21. The smallest absolute Gasteiger partial charge is 0.273 e. The molecule has 1 fully saturated rings. The highest BCUT2D eigenvalue weighted by Crippen LogP contribution is 2.39. The molecule has 0 amide bonds. The summed E-state index contributed by atoms with van der Waals surface area (Å²) >= 11 is 3.44. The Kier molecular flexibility index (Phi) is 4.88. The molecule has 2 rings (SSSR count). The van der Waals surface area contributed by atoms with E-state index in [2.05, 4.69) is 28.2 Å². The molecule has 3 N–H and O–H groups in total. The highest BCUT2D eigenvalue weighted by atomic mass is 79.9. The molecule has 116 valence electrons. The van der Waals surface area contributed by atoms with Crippen LogP contribution in [-0.2, 0) is 0 Å². The van der Waals surface area contributed by atoms with E-state index in [0.717, 1.165) is 24.9 Å². The minimum atomic E-state index is -0.355. The quantitative estimate of drug-likeness (QED) is 0.631. The zero-order valence-electron chi connectivity index (χ0n) is 12.5. The number of nitrogens with zero attached hydrogens (tertiary/aromatic N) is 1. The Hall–Kier alpha value is -1.14. The molecule has 1 aliphatic carbocycles. The van der Waals surface area contributed by atoms with E-state index < -0.39 is 0 Å². The van der Waals surface area contributed by atoms with E-state index in [-0.39, 0.29) is 16.1 Å². The van der Waals surface area contributed by atoms with E-state index in [1.807, 2.05) is 6.07 Å². The summed E-state index contributed by atoms with van der Waals surface area (Å²) in [5.74, 6) is 0.485. The maximum absolute atomic E-state index is 11.0. The van der Waals surface area contributed by atoms with Crippen LogP contribution in [0.5, 0.6) is 0 Å². The lowest BCUT2D eigenvalue weighted by molar-refractivity contribution is -0.385. The summed E-state index contributed by atoms with van der Waals surface area (Å²) in [7, 11) is 0. The number of nitro groups is 1. The summed E-state index contributed by atoms with van der Waals surface area (Å²) < 4.78 is 0.713. The molecule has 21 heavy (non-hydrogen) atoms. The molecule has 6 heteroatoms. The average Bonchev–Trinajstić information content (AvgIpc) is 2.44. The van der Waals surface area contributed by atoms with Crippen molar-refractivity contribution in [3.05, 3.63) is 32.3 Å². The van der Waals surface area contributed by atoms with Crippen LogP contribution in [0.2, 0.25) is 0 Å². The third-order valence-electron chi connectivity index (χ3n) is 4.68. The molecule has 0 spiro atoms. The summed E-state index contributed by atoms with van der Waals surface area (Å²) in [6.07, 6.45) is 4.60. The Labute approximate surface area is 133 Å². The molecule has 1 saturated carbocycles. The van der Waals surface area contributed by atoms with Gasteiger partial charge >= 0.3 is 0 Å². The molecule has 0 aromatic heterocycles. The Bertz CT molecular complexity index is 550. The van der Waals surface area contributed by atoms with Gasteiger partial charge in [0.25, 0.3) is 5.69 Å². The maximum atomic E-state index is 11.0. The van der Waals surface area contributed by atoms with Crippen molar-refractivity contribution in [3.63, 3.8) is 0 Å². The topological polar surface area (TPSA) is 81.2 Å². The van der Waals surface area contributed by atoms with Crippen LogP contribution in [0.1, 0.15) is 38.2 Å². The van der Waals surface area contributed by atoms with Gasteiger partial charge in [-0.1, -0.05) is 19.8 Å². The number of halogens is 1. The van der Waals surface area contributed by atoms with Gasteiger partial charge in [-0.05, 0) is 47.7 Å². The van der Waals surface area contributed by atoms with Gasteiger partial charge in [-0.2, -0.15) is 0 Å². The molecule has 0 saturated heterocycles. The predicted octanol–water partition coefficient (Wildman–Crippen LogP) is 3.99. The van der Waals surface area contributed by atoms with Crippen molar-refractivity contribution in [2.75, 3.05) is 11.9 Å². The van der Waals surface area contributed by atoms with Gasteiger partial charge in [-0.3, -0.25) is 10.1 Å². The number of nitrogens with one attached hydrogen (secondary N) is 1. The van der Waals surface area contributed by atoms with E-state index in [4.69, 9.17) is 5.73 Å². The summed E-state index contributed by atoms with van der Waals surface area (Å²) in [4.78, 5) is 10.6. The molecule has 1 aromatic carbocycles. The maximum Gasteiger partial charge on any atom is 0.273 e. The fourth-order valence-corrected chi connectivity index (χ4v) is 3.62. The first kappa shape index (κ1) is 16.2. The van der Waals surface area contributed by atoms with Crippen molar-refractivity contribution in [1.82, 2.24) is 0 Å². The molecule has 1 aromatic rings. The molecule has 1 aliphatic rings. The zero-order chi connectivity index (χ0) is 15.6. The lowest BCUT2D eigenvalue weighted by Gasteiger charge is -2.43. The van der Waals surface area contributed by atoms with Crippen LogP contribution in [-0.4, -0.2) is 17.0 Å². The number of hydrogen-bond donors (Lipinski definition) is 2. The molecule has 0 heterocycles. The molecule has 2 atom stereocenters. The Balaban J connectivity index is 2.34. The van der Waals surface area contributed by atoms with Crippen molar-refractivity contribution in [2.45, 2.75) is 45.1 Å². The Morgan fingerprint density at radius 2 is 2.24 bits per heavy atom. The van der Waals surface area contributed by atoms with E-state index in [1.165, 1.54) is 6.42 Å². The first-order chi connectivity index (χ1) is 9.89. The van der Waals surface area contributed by atoms with Crippen LogP contribution in [0, 0.1) is 23.0 Å². The zero-order valence-corrected chi connectivity index (χ0v) is 14.1. The highest BCUT2D eigenvalue weighted by Gasteiger charge is 2.37. The largest absolute Gasteiger partial charge is 0.377 e. The van der Waals surface area contributed by atoms with Gasteiger partial charge in [0, 0.05) is 28.3 Å². The van der Waals surface area contributed by atoms with Crippen LogP contribution in [0.3, 0.4) is 0 Å². The number of rotatable bonds is 4. The van der Waals surface area contributed by atoms with Gasteiger partial charge in [0.05, 0.1) is 10.5 Å². The molecular formula is C15H22BrN3O2. The fraction of sp³-hybridized carbons (Fsp3) is 0.600. The molecule has 0 radical (unpaired) electrons. The van der Waals surface area contributed by atoms with Crippen molar-refractivity contribution in [3.8, 4) is 0 Å². The van der Waals surface area contributed by atoms with E-state index in [0.29, 0.717) is 22.5 Å². The predicted molar refractivity (Wildman–Crippen MR) is 88.6 cm³/mol. The monoisotopic (exact) mass is 355 g/mol. The number of aryl methyl sites for hydroxylation is 1. The van der Waals surface area contributed by atoms with Crippen molar-refractivity contribution in [1.29, 1.82) is 0 Å². The van der Waals surface area contributed by atoms with E-state index in [1.54, 1.807) is 13.0 Å². The lowest BCUT2D eigenvalue weighted by atomic mass is 9.73. The van der Waals surface area contributed by atoms with Crippen molar-refractivity contribution < 1.29 is 4.92 Å². The van der Waals surface area contributed by atoms with Gasteiger partial charge in [0.2, 0.25) is 0 Å². The van der Waals surface area contributed by atoms with Crippen LogP contribution >= 0.6 is 15.9 Å². The molecule has 2 unspecified atom stereocenters. The standard InChI is InChI=1S/C15H22BrN3O2/c1-10-7-13(12(16)8-14(10)19(20)21)18-15(9-17)6-4-3-5-11(15)2/h7-8,11,18H,3-6,9,17H2,1-2H3. The second-order valence-corrected chi connectivity index (χ2v) is 6.86. The van der Waals surface area contributed by atoms with Gasteiger partial charge in [-0.15, -0.1) is 0 Å². The fourth-order valence-electron chi connectivity index (χ4n) is 3.19. The minimum absolute atomic E-state index is 0.122. The number of hydrogen-bond acceptors (Lipinski definition) is 4. The average molecular weight is 356 g/mol. The van der Waals surface area contributed by atoms with E-state index >= 15 is 0 Å². The first-order valence-electron chi connectivity index (χ1n) is 7.32. The normalized spacial score (nSPS) is 25.6. The van der Waals surface area contributed by atoms with Crippen molar-refractivity contribution >= 4 is 27.3 Å². The van der Waals surface area contributed by atoms with E-state index in [9.17, 15) is 10.1 Å². The first-order valence-corrected chi connectivity index (χ1v) is 8.12. The number of nitrogens with two attached hydrogens (primary N) is 1. The van der Waals surface area contributed by atoms with Gasteiger partial charge in [-0.25, -0.2) is 0 Å². The lowest BCUT2D eigenvalue weighted by Crippen LogP contribution is -2.52. The molecule has 5 nitrogen and oxygen atoms in total. The number of anilines is 1. The van der Waals surface area contributed by atoms with Crippen LogP contribution < -0.4 is 11.1 Å². The summed E-state index contributed by atoms with van der Waals surface area (Å²) in [6.45, 7) is 4.55. The summed E-state index contributed by atoms with van der Waals surface area (Å²) in [5, 5.41) is 14.6. The van der Waals surface area contributed by atoms with Crippen LogP contribution in [0.4, 0.5) is 11.4 Å². The second-order valence-electron chi connectivity index (χ2n) is 6.01. The summed E-state index contributed by atoms with van der Waals surface area (Å²) in [6, 6.07) is 3.40. The number of nitro benzene ring substituents is 1. The van der Waals surface area contributed by atoms with Gasteiger partial charge < -0.3 is 11.1 Å². The Morgan fingerprint density at radius 3 is 2.81 bits per heavy atom. The Morgan fingerprint density at radius 1 is 1.52 bits per heavy atom. The highest BCUT2D eigenvalue weighted by molar-refractivity contribution is 9.10. The minimum Gasteiger partial charge on any atom is -0.377 e. The van der Waals surface area contributed by atoms with Crippen molar-refractivity contribution in [2.24, 2.45) is 11.7 Å². The third-order valence-corrected chi connectivity index (χ3v) is 5.34. The summed E-state index contributed by atoms with van der Waals surface area (Å²) in [5.41, 5.74) is 7.61. The van der Waals surface area contributed by atoms with Crippen LogP contribution in [0.25, 0.3) is 0 Å². The number of benzene rings is 1. The molecule has 0 aliphatic heterocycles. The van der Waals surface area contributed by atoms with Gasteiger partial charge in [0.15, 0.2) is 0 Å². The second kappa shape index (κ2) is 6.32. The molecular weight excluding hydrogens is 334 g/mol. The molecule has 0 bridgehead atoms. The van der Waals surface area contributed by atoms with Gasteiger partial charge in [0.1, 0.15) is 0 Å².